The van der Waals surface area contributed by atoms with Crippen molar-refractivity contribution in [3.8, 4) is 0 Å². The van der Waals surface area contributed by atoms with Crippen LogP contribution in [0.3, 0.4) is 0 Å². The largest absolute Gasteiger partial charge is 0.480 e. The maximum absolute atomic E-state index is 12.3. The summed E-state index contributed by atoms with van der Waals surface area (Å²) in [6.07, 6.45) is -0.209. The smallest absolute Gasteiger partial charge is 0.326 e. The van der Waals surface area contributed by atoms with E-state index >= 15 is 0 Å². The Kier molecular flexibility index (Phi) is 5.51. The van der Waals surface area contributed by atoms with Crippen molar-refractivity contribution in [2.75, 3.05) is 11.4 Å². The molecular weight excluding hydrogens is 314 g/mol. The van der Waals surface area contributed by atoms with Crippen LogP contribution < -0.4 is 16.0 Å². The molecule has 8 heteroatoms. The number of primary amides is 1. The molecule has 0 bridgehead atoms. The van der Waals surface area contributed by atoms with Crippen LogP contribution in [0.15, 0.2) is 30.3 Å². The fourth-order valence-corrected chi connectivity index (χ4v) is 2.57. The third-order valence-corrected chi connectivity index (χ3v) is 3.86. The number of nitrogens with zero attached hydrogens (tertiary/aromatic N) is 1. The van der Waals surface area contributed by atoms with Gasteiger partial charge in [-0.05, 0) is 18.6 Å². The number of anilines is 1. The topological polar surface area (TPSA) is 130 Å². The molecule has 2 rings (SSSR count). The SMILES string of the molecule is NC(=O)CC[C@H](NC(=O)C1CC(=O)N(c2ccccc2)C1)C(=O)O. The Morgan fingerprint density at radius 2 is 1.96 bits per heavy atom. The molecule has 1 saturated heterocycles. The molecule has 1 aromatic carbocycles. The molecule has 0 spiro atoms. The van der Waals surface area contributed by atoms with E-state index in [1.807, 2.05) is 6.07 Å². The lowest BCUT2D eigenvalue weighted by Crippen LogP contribution is -2.44. The summed E-state index contributed by atoms with van der Waals surface area (Å²) in [7, 11) is 0. The minimum atomic E-state index is -1.24. The number of aliphatic carboxylic acids is 1. The second-order valence-electron chi connectivity index (χ2n) is 5.65. The normalized spacial score (nSPS) is 18.2. The number of rotatable bonds is 7. The first-order valence-electron chi connectivity index (χ1n) is 7.55. The van der Waals surface area contributed by atoms with Crippen molar-refractivity contribution in [3.63, 3.8) is 0 Å². The highest BCUT2D eigenvalue weighted by molar-refractivity contribution is 6.00. The van der Waals surface area contributed by atoms with Crippen molar-refractivity contribution in [1.29, 1.82) is 0 Å². The summed E-state index contributed by atoms with van der Waals surface area (Å²) >= 11 is 0. The van der Waals surface area contributed by atoms with Crippen LogP contribution in [0.1, 0.15) is 19.3 Å². The van der Waals surface area contributed by atoms with E-state index in [0.29, 0.717) is 5.69 Å². The molecule has 1 aliphatic rings. The van der Waals surface area contributed by atoms with Crippen LogP contribution in [0.25, 0.3) is 0 Å². The van der Waals surface area contributed by atoms with Gasteiger partial charge in [-0.3, -0.25) is 14.4 Å². The fraction of sp³-hybridized carbons (Fsp3) is 0.375. The van der Waals surface area contributed by atoms with E-state index in [-0.39, 0.29) is 31.7 Å². The second kappa shape index (κ2) is 7.58. The third-order valence-electron chi connectivity index (χ3n) is 3.86. The van der Waals surface area contributed by atoms with Gasteiger partial charge in [0, 0.05) is 25.1 Å². The summed E-state index contributed by atoms with van der Waals surface area (Å²) in [5.41, 5.74) is 5.69. The fourth-order valence-electron chi connectivity index (χ4n) is 2.57. The molecule has 0 radical (unpaired) electrons. The summed E-state index contributed by atoms with van der Waals surface area (Å²) in [4.78, 5) is 47.8. The minimum Gasteiger partial charge on any atom is -0.480 e. The molecular formula is C16H19N3O5. The van der Waals surface area contributed by atoms with E-state index in [1.54, 1.807) is 24.3 Å². The van der Waals surface area contributed by atoms with Gasteiger partial charge in [0.15, 0.2) is 0 Å². The lowest BCUT2D eigenvalue weighted by atomic mass is 10.1. The first-order valence-corrected chi connectivity index (χ1v) is 7.55. The number of carbonyl (C=O) groups is 4. The van der Waals surface area contributed by atoms with E-state index in [1.165, 1.54) is 4.90 Å². The zero-order valence-corrected chi connectivity index (χ0v) is 13.0. The van der Waals surface area contributed by atoms with E-state index in [2.05, 4.69) is 5.32 Å². The number of carboxylic acid groups (broad SMARTS) is 1. The monoisotopic (exact) mass is 333 g/mol. The van der Waals surface area contributed by atoms with Crippen LogP contribution in [0.2, 0.25) is 0 Å². The lowest BCUT2D eigenvalue weighted by molar-refractivity contribution is -0.142. The van der Waals surface area contributed by atoms with Gasteiger partial charge in [-0.15, -0.1) is 0 Å². The van der Waals surface area contributed by atoms with Crippen LogP contribution >= 0.6 is 0 Å². The Morgan fingerprint density at radius 3 is 2.54 bits per heavy atom. The van der Waals surface area contributed by atoms with Gasteiger partial charge in [-0.25, -0.2) is 4.79 Å². The molecule has 0 aromatic heterocycles. The highest BCUT2D eigenvalue weighted by Gasteiger charge is 2.36. The zero-order chi connectivity index (χ0) is 17.7. The Hall–Kier alpha value is -2.90. The second-order valence-corrected chi connectivity index (χ2v) is 5.65. The number of benzene rings is 1. The number of hydrogen-bond acceptors (Lipinski definition) is 4. The maximum Gasteiger partial charge on any atom is 0.326 e. The number of amides is 3. The molecule has 2 atom stereocenters. The van der Waals surface area contributed by atoms with Crippen molar-refractivity contribution in [2.24, 2.45) is 11.7 Å². The quantitative estimate of drug-likeness (QED) is 0.640. The number of nitrogens with two attached hydrogens (primary N) is 1. The molecule has 24 heavy (non-hydrogen) atoms. The standard InChI is InChI=1S/C16H19N3O5/c17-13(20)7-6-12(16(23)24)18-15(22)10-8-14(21)19(9-10)11-4-2-1-3-5-11/h1-5,10,12H,6-9H2,(H2,17,20)(H,18,22)(H,23,24)/t10?,12-/m0/s1. The molecule has 1 aromatic rings. The number of nitrogens with one attached hydrogen (secondary N) is 1. The number of para-hydroxylation sites is 1. The van der Waals surface area contributed by atoms with Crippen molar-refractivity contribution >= 4 is 29.4 Å². The summed E-state index contributed by atoms with van der Waals surface area (Å²) in [6, 6.07) is 7.74. The van der Waals surface area contributed by atoms with E-state index in [0.717, 1.165) is 0 Å². The van der Waals surface area contributed by atoms with Gasteiger partial charge in [0.1, 0.15) is 6.04 Å². The average molecular weight is 333 g/mol. The Labute approximate surface area is 138 Å². The van der Waals surface area contributed by atoms with Gasteiger partial charge in [0.2, 0.25) is 17.7 Å². The highest BCUT2D eigenvalue weighted by atomic mass is 16.4. The molecule has 1 unspecified atom stereocenters. The van der Waals surface area contributed by atoms with Gasteiger partial charge in [0.25, 0.3) is 0 Å². The van der Waals surface area contributed by atoms with Crippen molar-refractivity contribution in [1.82, 2.24) is 5.32 Å². The predicted octanol–water partition coefficient (Wildman–Crippen LogP) is -0.126. The van der Waals surface area contributed by atoms with Gasteiger partial charge in [-0.1, -0.05) is 18.2 Å². The van der Waals surface area contributed by atoms with Gasteiger partial charge in [0.05, 0.1) is 5.92 Å². The summed E-state index contributed by atoms with van der Waals surface area (Å²) < 4.78 is 0. The number of hydrogen-bond donors (Lipinski definition) is 3. The highest BCUT2D eigenvalue weighted by Crippen LogP contribution is 2.25. The van der Waals surface area contributed by atoms with E-state index < -0.39 is 29.7 Å². The van der Waals surface area contributed by atoms with Crippen LogP contribution in [-0.4, -0.2) is 41.4 Å². The first kappa shape index (κ1) is 17.5. The minimum absolute atomic E-state index is 0.0168. The molecule has 1 heterocycles. The Bertz CT molecular complexity index is 646. The van der Waals surface area contributed by atoms with Crippen molar-refractivity contribution in [2.45, 2.75) is 25.3 Å². The average Bonchev–Trinajstić information content (AvgIpc) is 2.93. The van der Waals surface area contributed by atoms with Crippen LogP contribution in [0, 0.1) is 5.92 Å². The van der Waals surface area contributed by atoms with Crippen LogP contribution in [-0.2, 0) is 19.2 Å². The number of carboxylic acids is 1. The Morgan fingerprint density at radius 1 is 1.29 bits per heavy atom. The molecule has 8 nitrogen and oxygen atoms in total. The van der Waals surface area contributed by atoms with Crippen LogP contribution in [0.5, 0.6) is 0 Å². The number of carbonyl (C=O) groups excluding carboxylic acids is 3. The summed E-state index contributed by atoms with van der Waals surface area (Å²) in [6.45, 7) is 0.191. The summed E-state index contributed by atoms with van der Waals surface area (Å²) in [5, 5.41) is 11.5. The molecule has 128 valence electrons. The maximum atomic E-state index is 12.3. The molecule has 0 aliphatic carbocycles. The molecule has 1 fully saturated rings. The third kappa shape index (κ3) is 4.31. The Balaban J connectivity index is 1.98. The molecule has 0 saturated carbocycles. The van der Waals surface area contributed by atoms with Gasteiger partial charge >= 0.3 is 5.97 Å². The zero-order valence-electron chi connectivity index (χ0n) is 13.0. The predicted molar refractivity (Wildman–Crippen MR) is 84.9 cm³/mol. The summed E-state index contributed by atoms with van der Waals surface area (Å²) in [5.74, 6) is -3.22. The first-order chi connectivity index (χ1) is 11.4. The van der Waals surface area contributed by atoms with Crippen molar-refractivity contribution in [3.05, 3.63) is 30.3 Å². The molecule has 1 aliphatic heterocycles. The molecule has 3 amide bonds. The van der Waals surface area contributed by atoms with Gasteiger partial charge in [-0.2, -0.15) is 0 Å². The van der Waals surface area contributed by atoms with E-state index in [4.69, 9.17) is 10.8 Å². The van der Waals surface area contributed by atoms with Crippen LogP contribution in [0.4, 0.5) is 5.69 Å². The van der Waals surface area contributed by atoms with Crippen molar-refractivity contribution < 1.29 is 24.3 Å². The van der Waals surface area contributed by atoms with Gasteiger partial charge < -0.3 is 21.1 Å². The van der Waals surface area contributed by atoms with E-state index in [9.17, 15) is 19.2 Å². The molecule has 4 N–H and O–H groups in total. The lowest BCUT2D eigenvalue weighted by Gasteiger charge is -2.18.